The van der Waals surface area contributed by atoms with Crippen molar-refractivity contribution in [1.82, 2.24) is 15.2 Å². The molecule has 0 unspecified atom stereocenters. The molecule has 3 N–H and O–H groups in total. The number of rotatable bonds is 11. The fourth-order valence-corrected chi connectivity index (χ4v) is 3.26. The zero-order chi connectivity index (χ0) is 17.9. The molecular weight excluding hydrogens is 316 g/mol. The third kappa shape index (κ3) is 7.00. The Labute approximate surface area is 151 Å². The van der Waals surface area contributed by atoms with Gasteiger partial charge in [-0.05, 0) is 57.5 Å². The van der Waals surface area contributed by atoms with Crippen molar-refractivity contribution in [3.8, 4) is 5.75 Å². The van der Waals surface area contributed by atoms with Crippen molar-refractivity contribution >= 4 is 5.91 Å². The summed E-state index contributed by atoms with van der Waals surface area (Å²) in [5, 5.41) is 2.90. The minimum Gasteiger partial charge on any atom is -0.490 e. The summed E-state index contributed by atoms with van der Waals surface area (Å²) in [6.07, 6.45) is 10.8. The Kier molecular flexibility index (Phi) is 8.69. The molecule has 0 bridgehead atoms. The predicted molar refractivity (Wildman–Crippen MR) is 99.5 cm³/mol. The van der Waals surface area contributed by atoms with E-state index in [-0.39, 0.29) is 5.91 Å². The van der Waals surface area contributed by atoms with Crippen LogP contribution in [0.1, 0.15) is 56.6 Å². The minimum absolute atomic E-state index is 0.0933. The molecule has 0 radical (unpaired) electrons. The highest BCUT2D eigenvalue weighted by atomic mass is 16.5. The number of hydrogen-bond acceptors (Lipinski definition) is 5. The molecule has 1 aliphatic heterocycles. The number of ether oxygens (including phenoxy) is 1. The molecule has 0 aromatic carbocycles. The average Bonchev–Trinajstić information content (AvgIpc) is 3.05. The van der Waals surface area contributed by atoms with Crippen LogP contribution in [-0.2, 0) is 4.79 Å². The van der Waals surface area contributed by atoms with Crippen LogP contribution in [0.25, 0.3) is 0 Å². The number of likely N-dealkylation sites (tertiary alicyclic amines) is 1. The Bertz CT molecular complexity index is 524. The van der Waals surface area contributed by atoms with E-state index < -0.39 is 0 Å². The molecule has 1 aliphatic rings. The summed E-state index contributed by atoms with van der Waals surface area (Å²) in [7, 11) is 2.15. The monoisotopic (exact) mass is 348 g/mol. The van der Waals surface area contributed by atoms with Crippen LogP contribution in [0.4, 0.5) is 0 Å². The predicted octanol–water partition coefficient (Wildman–Crippen LogP) is 2.25. The summed E-state index contributed by atoms with van der Waals surface area (Å²) in [5.74, 6) is 0.865. The Hall–Kier alpha value is -1.66. The van der Waals surface area contributed by atoms with Crippen LogP contribution >= 0.6 is 0 Å². The van der Waals surface area contributed by atoms with E-state index in [0.717, 1.165) is 44.5 Å². The van der Waals surface area contributed by atoms with Crippen molar-refractivity contribution in [3.63, 3.8) is 0 Å². The van der Waals surface area contributed by atoms with E-state index in [1.807, 2.05) is 6.20 Å². The topological polar surface area (TPSA) is 80.5 Å². The second-order valence-corrected chi connectivity index (χ2v) is 6.74. The van der Waals surface area contributed by atoms with Gasteiger partial charge in [-0.25, -0.2) is 0 Å². The van der Waals surface area contributed by atoms with Gasteiger partial charge < -0.3 is 15.8 Å². The fraction of sp³-hybridized carbons (Fsp3) is 0.684. The number of unbranched alkanes of at least 4 members (excludes halogenated alkanes) is 3. The minimum atomic E-state index is 0.0933. The summed E-state index contributed by atoms with van der Waals surface area (Å²) >= 11 is 0. The van der Waals surface area contributed by atoms with Crippen molar-refractivity contribution in [2.24, 2.45) is 5.73 Å². The maximum absolute atomic E-state index is 11.7. The third-order valence-corrected chi connectivity index (χ3v) is 4.69. The van der Waals surface area contributed by atoms with Crippen molar-refractivity contribution in [2.45, 2.75) is 51.0 Å². The van der Waals surface area contributed by atoms with Gasteiger partial charge in [0.15, 0.2) is 0 Å². The number of carbonyl (C=O) groups is 1. The summed E-state index contributed by atoms with van der Waals surface area (Å²) in [6, 6.07) is 2.51. The van der Waals surface area contributed by atoms with Gasteiger partial charge >= 0.3 is 0 Å². The highest BCUT2D eigenvalue weighted by Gasteiger charge is 2.23. The molecule has 1 aromatic heterocycles. The van der Waals surface area contributed by atoms with Gasteiger partial charge in [0.05, 0.1) is 12.7 Å². The van der Waals surface area contributed by atoms with E-state index in [4.69, 9.17) is 10.5 Å². The van der Waals surface area contributed by atoms with Crippen LogP contribution in [0.2, 0.25) is 0 Å². The van der Waals surface area contributed by atoms with E-state index in [9.17, 15) is 4.79 Å². The standard InChI is InChI=1S/C19H32N4O2/c1-23-11-6-7-18(23)16-13-17(15-21-14-16)25-12-10-22-19(24)8-4-2-3-5-9-20/h13-15,18H,2-12,20H2,1H3,(H,22,24)/t18-/m0/s1. The molecule has 2 rings (SSSR count). The molecule has 2 heterocycles. The van der Waals surface area contributed by atoms with E-state index >= 15 is 0 Å². The molecule has 140 valence electrons. The third-order valence-electron chi connectivity index (χ3n) is 4.69. The van der Waals surface area contributed by atoms with Gasteiger partial charge in [0.2, 0.25) is 5.91 Å². The number of aromatic nitrogens is 1. The number of hydrogen-bond donors (Lipinski definition) is 2. The molecule has 0 saturated carbocycles. The molecule has 1 atom stereocenters. The number of carbonyl (C=O) groups excluding carboxylic acids is 1. The zero-order valence-electron chi connectivity index (χ0n) is 15.4. The number of amides is 1. The Balaban J connectivity index is 1.62. The van der Waals surface area contributed by atoms with Gasteiger partial charge in [-0.2, -0.15) is 0 Å². The van der Waals surface area contributed by atoms with Crippen LogP contribution in [0, 0.1) is 0 Å². The van der Waals surface area contributed by atoms with Crippen LogP contribution in [-0.4, -0.2) is 49.1 Å². The molecule has 6 heteroatoms. The first kappa shape index (κ1) is 19.7. The highest BCUT2D eigenvalue weighted by Crippen LogP contribution is 2.31. The van der Waals surface area contributed by atoms with Crippen LogP contribution in [0.5, 0.6) is 5.75 Å². The number of pyridine rings is 1. The largest absolute Gasteiger partial charge is 0.490 e. The zero-order valence-corrected chi connectivity index (χ0v) is 15.4. The second kappa shape index (κ2) is 11.1. The van der Waals surface area contributed by atoms with Gasteiger partial charge in [-0.3, -0.25) is 14.7 Å². The van der Waals surface area contributed by atoms with Gasteiger partial charge in [-0.1, -0.05) is 12.8 Å². The first-order valence-corrected chi connectivity index (χ1v) is 9.45. The average molecular weight is 348 g/mol. The maximum Gasteiger partial charge on any atom is 0.220 e. The fourth-order valence-electron chi connectivity index (χ4n) is 3.26. The van der Waals surface area contributed by atoms with E-state index in [2.05, 4.69) is 28.3 Å². The lowest BCUT2D eigenvalue weighted by atomic mass is 10.1. The van der Waals surface area contributed by atoms with Crippen molar-refractivity contribution in [3.05, 3.63) is 24.0 Å². The van der Waals surface area contributed by atoms with Gasteiger partial charge in [0.1, 0.15) is 12.4 Å². The molecule has 25 heavy (non-hydrogen) atoms. The molecule has 1 amide bonds. The second-order valence-electron chi connectivity index (χ2n) is 6.74. The molecule has 0 aliphatic carbocycles. The first-order chi connectivity index (χ1) is 12.2. The van der Waals surface area contributed by atoms with Crippen molar-refractivity contribution < 1.29 is 9.53 Å². The SMILES string of the molecule is CN1CCC[C@H]1c1cncc(OCCNC(=O)CCCCCCN)c1. The van der Waals surface area contributed by atoms with E-state index in [0.29, 0.717) is 25.6 Å². The highest BCUT2D eigenvalue weighted by molar-refractivity contribution is 5.75. The lowest BCUT2D eigenvalue weighted by molar-refractivity contribution is -0.121. The van der Waals surface area contributed by atoms with E-state index in [1.54, 1.807) is 6.20 Å². The molecule has 1 saturated heterocycles. The summed E-state index contributed by atoms with van der Waals surface area (Å²) in [6.45, 7) is 2.85. The lowest BCUT2D eigenvalue weighted by Gasteiger charge is -2.19. The van der Waals surface area contributed by atoms with Crippen molar-refractivity contribution in [1.29, 1.82) is 0 Å². The summed E-state index contributed by atoms with van der Waals surface area (Å²) in [5.41, 5.74) is 6.66. The number of nitrogens with zero attached hydrogens (tertiary/aromatic N) is 2. The van der Waals surface area contributed by atoms with Crippen LogP contribution < -0.4 is 15.8 Å². The number of nitrogens with two attached hydrogens (primary N) is 1. The molecular formula is C19H32N4O2. The smallest absolute Gasteiger partial charge is 0.220 e. The quantitative estimate of drug-likeness (QED) is 0.600. The molecule has 1 fully saturated rings. The molecule has 0 spiro atoms. The number of nitrogens with one attached hydrogen (secondary N) is 1. The maximum atomic E-state index is 11.7. The Morgan fingerprint density at radius 3 is 2.96 bits per heavy atom. The molecule has 6 nitrogen and oxygen atoms in total. The Morgan fingerprint density at radius 2 is 2.20 bits per heavy atom. The van der Waals surface area contributed by atoms with Gasteiger partial charge in [0.25, 0.3) is 0 Å². The van der Waals surface area contributed by atoms with Gasteiger partial charge in [-0.15, -0.1) is 0 Å². The van der Waals surface area contributed by atoms with E-state index in [1.165, 1.54) is 18.4 Å². The normalized spacial score (nSPS) is 17.6. The van der Waals surface area contributed by atoms with Crippen molar-refractivity contribution in [2.75, 3.05) is 33.3 Å². The summed E-state index contributed by atoms with van der Waals surface area (Å²) < 4.78 is 5.74. The van der Waals surface area contributed by atoms with Crippen LogP contribution in [0.15, 0.2) is 18.5 Å². The summed E-state index contributed by atoms with van der Waals surface area (Å²) in [4.78, 5) is 18.4. The first-order valence-electron chi connectivity index (χ1n) is 9.45. The Morgan fingerprint density at radius 1 is 1.36 bits per heavy atom. The van der Waals surface area contributed by atoms with Crippen LogP contribution in [0.3, 0.4) is 0 Å². The van der Waals surface area contributed by atoms with Gasteiger partial charge in [0, 0.05) is 18.7 Å². The molecule has 1 aromatic rings. The lowest BCUT2D eigenvalue weighted by Crippen LogP contribution is -2.27.